The van der Waals surface area contributed by atoms with Gasteiger partial charge in [-0.25, -0.2) is 0 Å². The van der Waals surface area contributed by atoms with E-state index in [0.717, 1.165) is 32.2 Å². The van der Waals surface area contributed by atoms with Gasteiger partial charge in [0.25, 0.3) is 0 Å². The molecule has 0 bridgehead atoms. The summed E-state index contributed by atoms with van der Waals surface area (Å²) in [4.78, 5) is 12.8. The second kappa shape index (κ2) is 4.21. The van der Waals surface area contributed by atoms with Gasteiger partial charge in [-0.05, 0) is 38.9 Å². The highest BCUT2D eigenvalue weighted by molar-refractivity contribution is 9.09. The molecular formula is C8H14BrNO. The maximum atomic E-state index is 10.4. The molecule has 1 heterocycles. The first-order chi connectivity index (χ1) is 5.24. The lowest BCUT2D eigenvalue weighted by Crippen LogP contribution is -2.33. The van der Waals surface area contributed by atoms with Crippen molar-refractivity contribution in [1.82, 2.24) is 4.90 Å². The second-order valence-corrected chi connectivity index (χ2v) is 4.28. The fourth-order valence-electron chi connectivity index (χ4n) is 1.46. The number of aldehydes is 1. The number of hydrogen-bond donors (Lipinski definition) is 0. The van der Waals surface area contributed by atoms with Crippen LogP contribution < -0.4 is 0 Å². The third kappa shape index (κ3) is 2.56. The molecule has 1 saturated heterocycles. The summed E-state index contributed by atoms with van der Waals surface area (Å²) in [7, 11) is 2.13. The molecule has 1 aliphatic rings. The van der Waals surface area contributed by atoms with E-state index in [0.29, 0.717) is 5.92 Å². The van der Waals surface area contributed by atoms with Crippen LogP contribution >= 0.6 is 15.9 Å². The normalized spacial score (nSPS) is 24.9. The molecule has 0 radical (unpaired) electrons. The topological polar surface area (TPSA) is 20.3 Å². The van der Waals surface area contributed by atoms with Crippen molar-refractivity contribution in [3.63, 3.8) is 0 Å². The van der Waals surface area contributed by atoms with Crippen molar-refractivity contribution in [2.75, 3.05) is 20.1 Å². The third-order valence-corrected chi connectivity index (χ3v) is 3.31. The summed E-state index contributed by atoms with van der Waals surface area (Å²) < 4.78 is 0. The maximum Gasteiger partial charge on any atom is 0.133 e. The van der Waals surface area contributed by atoms with Gasteiger partial charge in [0.1, 0.15) is 6.29 Å². The Hall–Kier alpha value is 0.110. The molecular weight excluding hydrogens is 206 g/mol. The number of carbonyl (C=O) groups is 1. The Morgan fingerprint density at radius 3 is 2.55 bits per heavy atom. The monoisotopic (exact) mass is 219 g/mol. The Morgan fingerprint density at radius 1 is 1.55 bits per heavy atom. The predicted molar refractivity (Wildman–Crippen MR) is 49.0 cm³/mol. The van der Waals surface area contributed by atoms with E-state index >= 15 is 0 Å². The van der Waals surface area contributed by atoms with Crippen molar-refractivity contribution in [2.45, 2.75) is 17.7 Å². The molecule has 0 saturated carbocycles. The summed E-state index contributed by atoms with van der Waals surface area (Å²) in [5.41, 5.74) is 0. The molecule has 0 spiro atoms. The first-order valence-electron chi connectivity index (χ1n) is 4.02. The lowest BCUT2D eigenvalue weighted by Gasteiger charge is -2.29. The number of nitrogens with zero attached hydrogens (tertiary/aromatic N) is 1. The second-order valence-electron chi connectivity index (χ2n) is 3.22. The fraction of sp³-hybridized carbons (Fsp3) is 0.875. The fourth-order valence-corrected chi connectivity index (χ4v) is 1.99. The van der Waals surface area contributed by atoms with Gasteiger partial charge < -0.3 is 9.69 Å². The molecule has 0 aromatic rings. The van der Waals surface area contributed by atoms with Gasteiger partial charge in [0, 0.05) is 0 Å². The van der Waals surface area contributed by atoms with Gasteiger partial charge >= 0.3 is 0 Å². The van der Waals surface area contributed by atoms with Gasteiger partial charge in [0.2, 0.25) is 0 Å². The van der Waals surface area contributed by atoms with E-state index in [-0.39, 0.29) is 4.83 Å². The minimum Gasteiger partial charge on any atom is -0.306 e. The minimum absolute atomic E-state index is 0.0798. The van der Waals surface area contributed by atoms with Crippen LogP contribution in [-0.2, 0) is 4.79 Å². The number of carbonyl (C=O) groups excluding carboxylic acids is 1. The molecule has 1 fully saturated rings. The van der Waals surface area contributed by atoms with Crippen molar-refractivity contribution in [2.24, 2.45) is 5.92 Å². The zero-order valence-corrected chi connectivity index (χ0v) is 8.38. The van der Waals surface area contributed by atoms with Gasteiger partial charge in [-0.3, -0.25) is 0 Å². The van der Waals surface area contributed by atoms with Crippen molar-refractivity contribution in [3.8, 4) is 0 Å². The summed E-state index contributed by atoms with van der Waals surface area (Å²) in [6.07, 6.45) is 3.30. The molecule has 0 aliphatic carbocycles. The third-order valence-electron chi connectivity index (χ3n) is 2.34. The molecule has 0 N–H and O–H groups in total. The summed E-state index contributed by atoms with van der Waals surface area (Å²) >= 11 is 3.37. The van der Waals surface area contributed by atoms with Gasteiger partial charge in [0.05, 0.1) is 4.83 Å². The molecule has 0 aromatic carbocycles. The molecule has 3 heteroatoms. The highest BCUT2D eigenvalue weighted by Gasteiger charge is 2.22. The van der Waals surface area contributed by atoms with Crippen molar-refractivity contribution in [3.05, 3.63) is 0 Å². The summed E-state index contributed by atoms with van der Waals surface area (Å²) in [6, 6.07) is 0. The molecule has 1 atom stereocenters. The summed E-state index contributed by atoms with van der Waals surface area (Å²) in [5.74, 6) is 0.559. The Balaban J connectivity index is 2.32. The van der Waals surface area contributed by atoms with E-state index in [4.69, 9.17) is 0 Å². The van der Waals surface area contributed by atoms with E-state index in [1.54, 1.807) is 0 Å². The van der Waals surface area contributed by atoms with Crippen molar-refractivity contribution >= 4 is 22.2 Å². The zero-order valence-electron chi connectivity index (χ0n) is 6.79. The number of likely N-dealkylation sites (tertiary alicyclic amines) is 1. The zero-order chi connectivity index (χ0) is 8.27. The Morgan fingerprint density at radius 2 is 2.09 bits per heavy atom. The number of hydrogen-bond acceptors (Lipinski definition) is 2. The van der Waals surface area contributed by atoms with Crippen LogP contribution in [0.1, 0.15) is 12.8 Å². The van der Waals surface area contributed by atoms with Crippen LogP contribution in [0.4, 0.5) is 0 Å². The van der Waals surface area contributed by atoms with Gasteiger partial charge in [0.15, 0.2) is 0 Å². The molecule has 64 valence electrons. The molecule has 11 heavy (non-hydrogen) atoms. The van der Waals surface area contributed by atoms with Crippen molar-refractivity contribution in [1.29, 1.82) is 0 Å². The van der Waals surface area contributed by atoms with Crippen LogP contribution in [0, 0.1) is 5.92 Å². The van der Waals surface area contributed by atoms with Gasteiger partial charge in [-0.1, -0.05) is 15.9 Å². The maximum absolute atomic E-state index is 10.4. The van der Waals surface area contributed by atoms with Gasteiger partial charge in [-0.15, -0.1) is 0 Å². The van der Waals surface area contributed by atoms with Crippen LogP contribution in [0.2, 0.25) is 0 Å². The first kappa shape index (κ1) is 9.20. The smallest absolute Gasteiger partial charge is 0.133 e. The van der Waals surface area contributed by atoms with Gasteiger partial charge in [-0.2, -0.15) is 0 Å². The standard InChI is InChI=1S/C8H14BrNO/c1-10-4-2-7(3-5-10)8(9)6-11/h6-8H,2-5H2,1H3. The van der Waals surface area contributed by atoms with E-state index in [1.165, 1.54) is 0 Å². The quantitative estimate of drug-likeness (QED) is 0.516. The van der Waals surface area contributed by atoms with E-state index in [1.807, 2.05) is 0 Å². The molecule has 1 unspecified atom stereocenters. The summed E-state index contributed by atoms with van der Waals surface area (Å²) in [5, 5.41) is 0. The van der Waals surface area contributed by atoms with Crippen LogP contribution in [0.25, 0.3) is 0 Å². The number of halogens is 1. The largest absolute Gasteiger partial charge is 0.306 e. The number of rotatable bonds is 2. The predicted octanol–water partition coefficient (Wildman–Crippen LogP) is 1.29. The van der Waals surface area contributed by atoms with E-state index < -0.39 is 0 Å². The molecule has 0 amide bonds. The van der Waals surface area contributed by atoms with Crippen molar-refractivity contribution < 1.29 is 4.79 Å². The highest BCUT2D eigenvalue weighted by Crippen LogP contribution is 2.23. The lowest BCUT2D eigenvalue weighted by atomic mass is 9.94. The van der Waals surface area contributed by atoms with E-state index in [9.17, 15) is 4.79 Å². The van der Waals surface area contributed by atoms with E-state index in [2.05, 4.69) is 27.9 Å². The first-order valence-corrected chi connectivity index (χ1v) is 4.93. The summed E-state index contributed by atoms with van der Waals surface area (Å²) in [6.45, 7) is 2.25. The number of piperidine rings is 1. The van der Waals surface area contributed by atoms with Crippen LogP contribution in [0.3, 0.4) is 0 Å². The molecule has 1 rings (SSSR count). The number of alkyl halides is 1. The Labute approximate surface area is 76.1 Å². The SMILES string of the molecule is CN1CCC(C(Br)C=O)CC1. The van der Waals surface area contributed by atoms with Crippen LogP contribution in [-0.4, -0.2) is 36.2 Å². The Bertz CT molecular complexity index is 132. The molecule has 1 aliphatic heterocycles. The Kier molecular flexibility index (Phi) is 3.52. The average molecular weight is 220 g/mol. The van der Waals surface area contributed by atoms with Crippen LogP contribution in [0.15, 0.2) is 0 Å². The van der Waals surface area contributed by atoms with Crippen LogP contribution in [0.5, 0.6) is 0 Å². The minimum atomic E-state index is 0.0798. The molecule has 0 aromatic heterocycles. The lowest BCUT2D eigenvalue weighted by molar-refractivity contribution is -0.108. The highest BCUT2D eigenvalue weighted by atomic mass is 79.9. The average Bonchev–Trinajstić information content (AvgIpc) is 2.05. The molecule has 2 nitrogen and oxygen atoms in total.